The van der Waals surface area contributed by atoms with Crippen LogP contribution in [0.3, 0.4) is 0 Å². The second-order valence-electron chi connectivity index (χ2n) is 5.68. The van der Waals surface area contributed by atoms with E-state index in [1.54, 1.807) is 0 Å². The third-order valence-corrected chi connectivity index (χ3v) is 3.89. The van der Waals surface area contributed by atoms with Crippen molar-refractivity contribution in [3.63, 3.8) is 0 Å². The van der Waals surface area contributed by atoms with Gasteiger partial charge in [-0.2, -0.15) is 0 Å². The van der Waals surface area contributed by atoms with E-state index in [0.717, 1.165) is 22.8 Å². The van der Waals surface area contributed by atoms with Crippen molar-refractivity contribution in [3.8, 4) is 5.69 Å². The number of fused-ring (bicyclic) bond motifs is 1. The third kappa shape index (κ3) is 2.92. The fourth-order valence-electron chi connectivity index (χ4n) is 2.72. The summed E-state index contributed by atoms with van der Waals surface area (Å²) in [4.78, 5) is 18.7. The van der Waals surface area contributed by atoms with Crippen molar-refractivity contribution in [2.75, 3.05) is 5.32 Å². The molecule has 0 unspecified atom stereocenters. The molecule has 0 atom stereocenters. The lowest BCUT2D eigenvalue weighted by Gasteiger charge is -2.08. The number of hydrogen-bond acceptors (Lipinski definition) is 3. The number of para-hydroxylation sites is 1. The Morgan fingerprint density at radius 1 is 0.963 bits per heavy atom. The van der Waals surface area contributed by atoms with Gasteiger partial charge in [-0.05, 0) is 30.3 Å². The molecule has 0 aliphatic rings. The first-order chi connectivity index (χ1) is 12.9. The highest BCUT2D eigenvalue weighted by Gasteiger charge is 2.18. The number of imidazole rings is 1. The molecule has 2 N–H and O–H groups in total. The third-order valence-electron chi connectivity index (χ3n) is 3.89. The number of nitrogens with one attached hydrogen (secondary N) is 2. The Kier molecular flexibility index (Phi) is 3.91. The molecule has 0 fully saturated rings. The molecule has 0 saturated carbocycles. The van der Waals surface area contributed by atoms with Crippen LogP contribution in [0.2, 0.25) is 0 Å². The molecule has 0 spiro atoms. The molecule has 2 heterocycles. The topological polar surface area (TPSA) is 62.7 Å². The molecule has 0 amide bonds. The maximum atomic E-state index is 14.0. The maximum absolute atomic E-state index is 14.0. The molecular formula is C18H10F4N4O. The van der Waals surface area contributed by atoms with Gasteiger partial charge in [0, 0.05) is 6.07 Å². The van der Waals surface area contributed by atoms with E-state index < -0.39 is 34.6 Å². The minimum absolute atomic E-state index is 0.000483. The molecular weight excluding hydrogens is 364 g/mol. The molecule has 27 heavy (non-hydrogen) atoms. The fourth-order valence-corrected chi connectivity index (χ4v) is 2.72. The zero-order valence-electron chi connectivity index (χ0n) is 13.4. The summed E-state index contributed by atoms with van der Waals surface area (Å²) in [5.74, 6) is -3.37. The lowest BCUT2D eigenvalue weighted by molar-refractivity contribution is 0.568. The molecule has 0 saturated heterocycles. The Morgan fingerprint density at radius 2 is 1.70 bits per heavy atom. The zero-order chi connectivity index (χ0) is 19.1. The summed E-state index contributed by atoms with van der Waals surface area (Å²) in [6.45, 7) is 0. The number of aromatic nitrogens is 3. The second kappa shape index (κ2) is 6.27. The van der Waals surface area contributed by atoms with Crippen LogP contribution in [-0.2, 0) is 0 Å². The molecule has 136 valence electrons. The van der Waals surface area contributed by atoms with Gasteiger partial charge < -0.3 is 10.3 Å². The van der Waals surface area contributed by atoms with Gasteiger partial charge in [0.05, 0.1) is 23.1 Å². The largest absolute Gasteiger partial charge is 0.352 e. The van der Waals surface area contributed by atoms with Crippen molar-refractivity contribution in [3.05, 3.63) is 82.4 Å². The highest BCUT2D eigenvalue weighted by atomic mass is 19.1. The number of halogens is 4. The number of aromatic amines is 1. The predicted octanol–water partition coefficient (Wildman–Crippen LogP) is 4.01. The van der Waals surface area contributed by atoms with Gasteiger partial charge in [0.1, 0.15) is 29.0 Å². The monoisotopic (exact) mass is 374 g/mol. The second-order valence-corrected chi connectivity index (χ2v) is 5.68. The van der Waals surface area contributed by atoms with Gasteiger partial charge in [-0.15, -0.1) is 0 Å². The Morgan fingerprint density at radius 3 is 2.41 bits per heavy atom. The smallest absolute Gasteiger partial charge is 0.332 e. The number of rotatable bonds is 3. The summed E-state index contributed by atoms with van der Waals surface area (Å²) in [6.07, 6.45) is 1.26. The van der Waals surface area contributed by atoms with E-state index in [1.165, 1.54) is 24.4 Å². The Balaban J connectivity index is 1.80. The van der Waals surface area contributed by atoms with Gasteiger partial charge in [0.2, 0.25) is 0 Å². The molecule has 0 bridgehead atoms. The number of hydrogen-bond donors (Lipinski definition) is 2. The molecule has 2 aromatic carbocycles. The summed E-state index contributed by atoms with van der Waals surface area (Å²) in [6, 6.07) is 7.65. The standard InChI is InChI=1S/C18H10F4N4O/c19-9-4-5-14(13(22)6-9)24-10-7-15-17(23-8-10)26(18(27)25-15)16-11(20)2-1-3-12(16)21/h1-8,24H,(H,25,27). The first-order valence-corrected chi connectivity index (χ1v) is 7.71. The van der Waals surface area contributed by atoms with Crippen molar-refractivity contribution in [1.82, 2.24) is 14.5 Å². The summed E-state index contributed by atoms with van der Waals surface area (Å²) in [5.41, 5.74) is -0.877. The minimum Gasteiger partial charge on any atom is -0.352 e. The number of H-pyrrole nitrogens is 1. The van der Waals surface area contributed by atoms with Crippen LogP contribution in [0.5, 0.6) is 0 Å². The van der Waals surface area contributed by atoms with E-state index in [-0.39, 0.29) is 22.5 Å². The molecule has 5 nitrogen and oxygen atoms in total. The van der Waals surface area contributed by atoms with Gasteiger partial charge in [-0.1, -0.05) is 6.07 Å². The Hall–Kier alpha value is -3.62. The summed E-state index contributed by atoms with van der Waals surface area (Å²) in [7, 11) is 0. The molecule has 4 aromatic rings. The zero-order valence-corrected chi connectivity index (χ0v) is 13.4. The van der Waals surface area contributed by atoms with Crippen molar-refractivity contribution < 1.29 is 17.6 Å². The number of benzene rings is 2. The average molecular weight is 374 g/mol. The van der Waals surface area contributed by atoms with E-state index in [1.807, 2.05) is 0 Å². The highest BCUT2D eigenvalue weighted by Crippen LogP contribution is 2.24. The van der Waals surface area contributed by atoms with E-state index in [2.05, 4.69) is 15.3 Å². The van der Waals surface area contributed by atoms with Crippen LogP contribution in [0, 0.1) is 23.3 Å². The van der Waals surface area contributed by atoms with Gasteiger partial charge in [-0.3, -0.25) is 0 Å². The van der Waals surface area contributed by atoms with Crippen molar-refractivity contribution in [2.45, 2.75) is 0 Å². The van der Waals surface area contributed by atoms with Crippen LogP contribution in [0.15, 0.2) is 53.5 Å². The van der Waals surface area contributed by atoms with E-state index in [0.29, 0.717) is 6.07 Å². The Labute approximate surface area is 148 Å². The highest BCUT2D eigenvalue weighted by molar-refractivity contribution is 5.78. The predicted molar refractivity (Wildman–Crippen MR) is 91.2 cm³/mol. The van der Waals surface area contributed by atoms with Gasteiger partial charge >= 0.3 is 5.69 Å². The molecule has 4 rings (SSSR count). The van der Waals surface area contributed by atoms with Crippen LogP contribution >= 0.6 is 0 Å². The number of nitrogens with zero attached hydrogens (tertiary/aromatic N) is 2. The van der Waals surface area contributed by atoms with Gasteiger partial charge in [-0.25, -0.2) is 31.9 Å². The summed E-state index contributed by atoms with van der Waals surface area (Å²) < 4.78 is 55.6. The van der Waals surface area contributed by atoms with Crippen LogP contribution in [-0.4, -0.2) is 14.5 Å². The van der Waals surface area contributed by atoms with Crippen LogP contribution in [0.25, 0.3) is 16.9 Å². The van der Waals surface area contributed by atoms with Crippen molar-refractivity contribution in [2.24, 2.45) is 0 Å². The first kappa shape index (κ1) is 16.8. The normalized spacial score (nSPS) is 11.1. The van der Waals surface area contributed by atoms with E-state index in [4.69, 9.17) is 0 Å². The van der Waals surface area contributed by atoms with Crippen molar-refractivity contribution >= 4 is 22.5 Å². The van der Waals surface area contributed by atoms with Gasteiger partial charge in [0.25, 0.3) is 0 Å². The molecule has 0 aliphatic carbocycles. The average Bonchev–Trinajstić information content (AvgIpc) is 2.93. The lowest BCUT2D eigenvalue weighted by Crippen LogP contribution is -2.17. The molecule has 2 aromatic heterocycles. The van der Waals surface area contributed by atoms with Crippen molar-refractivity contribution in [1.29, 1.82) is 0 Å². The maximum Gasteiger partial charge on any atom is 0.332 e. The summed E-state index contributed by atoms with van der Waals surface area (Å²) in [5, 5.41) is 2.70. The minimum atomic E-state index is -0.921. The molecule has 0 radical (unpaired) electrons. The SMILES string of the molecule is O=c1[nH]c2cc(Nc3ccc(F)cc3F)cnc2n1-c1c(F)cccc1F. The molecule has 9 heteroatoms. The van der Waals surface area contributed by atoms with Crippen LogP contribution in [0.1, 0.15) is 0 Å². The number of anilines is 2. The van der Waals surface area contributed by atoms with Crippen LogP contribution < -0.4 is 11.0 Å². The molecule has 0 aliphatic heterocycles. The van der Waals surface area contributed by atoms with E-state index in [9.17, 15) is 22.4 Å². The quantitative estimate of drug-likeness (QED) is 0.533. The van der Waals surface area contributed by atoms with Gasteiger partial charge in [0.15, 0.2) is 5.65 Å². The van der Waals surface area contributed by atoms with E-state index >= 15 is 0 Å². The van der Waals surface area contributed by atoms with Crippen LogP contribution in [0.4, 0.5) is 28.9 Å². The first-order valence-electron chi connectivity index (χ1n) is 7.71. The Bertz CT molecular complexity index is 1210. The number of pyridine rings is 1. The summed E-state index contributed by atoms with van der Waals surface area (Å²) >= 11 is 0. The fraction of sp³-hybridized carbons (Fsp3) is 0. The lowest BCUT2D eigenvalue weighted by atomic mass is 10.2.